The first-order valence-corrected chi connectivity index (χ1v) is 9.19. The summed E-state index contributed by atoms with van der Waals surface area (Å²) in [6, 6.07) is 10.7. The van der Waals surface area contributed by atoms with Crippen molar-refractivity contribution in [1.82, 2.24) is 4.90 Å². The SMILES string of the molecule is COc1ccccc1C1(C#N)CCN(C[C@@H]2C[C@H]3C=CC2C3)CC1. The van der Waals surface area contributed by atoms with Crippen LogP contribution in [0.1, 0.15) is 31.2 Å². The van der Waals surface area contributed by atoms with Crippen LogP contribution in [0.3, 0.4) is 0 Å². The average Bonchev–Trinajstić information content (AvgIpc) is 3.26. The summed E-state index contributed by atoms with van der Waals surface area (Å²) >= 11 is 0. The predicted octanol–water partition coefficient (Wildman–Crippen LogP) is 3.76. The van der Waals surface area contributed by atoms with Gasteiger partial charge in [0.05, 0.1) is 18.6 Å². The van der Waals surface area contributed by atoms with E-state index in [9.17, 15) is 5.26 Å². The number of likely N-dealkylation sites (tertiary alicyclic amines) is 1. The van der Waals surface area contributed by atoms with Gasteiger partial charge in [-0.15, -0.1) is 0 Å². The van der Waals surface area contributed by atoms with Gasteiger partial charge in [0, 0.05) is 12.1 Å². The van der Waals surface area contributed by atoms with Crippen molar-refractivity contribution in [3.8, 4) is 11.8 Å². The molecule has 1 aromatic rings. The number of nitriles is 1. The van der Waals surface area contributed by atoms with Crippen molar-refractivity contribution >= 4 is 0 Å². The molecule has 1 heterocycles. The van der Waals surface area contributed by atoms with E-state index in [0.717, 1.165) is 55.0 Å². The van der Waals surface area contributed by atoms with Crippen LogP contribution in [0.15, 0.2) is 36.4 Å². The summed E-state index contributed by atoms with van der Waals surface area (Å²) < 4.78 is 5.52. The fraction of sp³-hybridized carbons (Fsp3) is 0.571. The Hall–Kier alpha value is -1.79. The van der Waals surface area contributed by atoms with E-state index in [0.29, 0.717) is 0 Å². The monoisotopic (exact) mass is 322 g/mol. The number of hydrogen-bond donors (Lipinski definition) is 0. The molecule has 24 heavy (non-hydrogen) atoms. The number of methoxy groups -OCH3 is 1. The molecule has 3 nitrogen and oxygen atoms in total. The maximum absolute atomic E-state index is 9.94. The summed E-state index contributed by atoms with van der Waals surface area (Å²) in [5.41, 5.74) is 0.676. The van der Waals surface area contributed by atoms with Crippen molar-refractivity contribution in [2.24, 2.45) is 17.8 Å². The Labute approximate surface area is 144 Å². The second-order valence-corrected chi connectivity index (χ2v) is 7.74. The van der Waals surface area contributed by atoms with Crippen molar-refractivity contribution < 1.29 is 4.74 Å². The van der Waals surface area contributed by atoms with Crippen molar-refractivity contribution in [1.29, 1.82) is 5.26 Å². The van der Waals surface area contributed by atoms with Gasteiger partial charge >= 0.3 is 0 Å². The third kappa shape index (κ3) is 2.63. The predicted molar refractivity (Wildman–Crippen MR) is 94.8 cm³/mol. The number of nitrogens with zero attached hydrogens (tertiary/aromatic N) is 2. The van der Waals surface area contributed by atoms with Crippen molar-refractivity contribution in [3.05, 3.63) is 42.0 Å². The van der Waals surface area contributed by atoms with Gasteiger partial charge in [0.15, 0.2) is 0 Å². The maximum Gasteiger partial charge on any atom is 0.123 e. The summed E-state index contributed by atoms with van der Waals surface area (Å²) in [5, 5.41) is 9.94. The fourth-order valence-corrected chi connectivity index (χ4v) is 5.03. The van der Waals surface area contributed by atoms with Crippen molar-refractivity contribution in [2.45, 2.75) is 31.1 Å². The minimum Gasteiger partial charge on any atom is -0.496 e. The minimum absolute atomic E-state index is 0.391. The van der Waals surface area contributed by atoms with Crippen LogP contribution >= 0.6 is 0 Å². The van der Waals surface area contributed by atoms with Crippen LogP contribution in [0.4, 0.5) is 0 Å². The molecular formula is C21H26N2O. The molecule has 2 aliphatic carbocycles. The summed E-state index contributed by atoms with van der Waals surface area (Å²) in [5.74, 6) is 3.34. The highest BCUT2D eigenvalue weighted by atomic mass is 16.5. The second-order valence-electron chi connectivity index (χ2n) is 7.74. The highest BCUT2D eigenvalue weighted by Crippen LogP contribution is 2.45. The van der Waals surface area contributed by atoms with E-state index >= 15 is 0 Å². The van der Waals surface area contributed by atoms with E-state index in [2.05, 4.69) is 29.2 Å². The Morgan fingerprint density at radius 2 is 2.00 bits per heavy atom. The number of hydrogen-bond acceptors (Lipinski definition) is 3. The summed E-state index contributed by atoms with van der Waals surface area (Å²) in [6.45, 7) is 3.24. The van der Waals surface area contributed by atoms with Gasteiger partial charge in [0.2, 0.25) is 0 Å². The summed E-state index contributed by atoms with van der Waals surface area (Å²) in [6.07, 6.45) is 9.41. The van der Waals surface area contributed by atoms with E-state index in [4.69, 9.17) is 4.74 Å². The molecule has 3 atom stereocenters. The largest absolute Gasteiger partial charge is 0.496 e. The lowest BCUT2D eigenvalue weighted by Crippen LogP contribution is -2.44. The Morgan fingerprint density at radius 1 is 1.21 bits per heavy atom. The van der Waals surface area contributed by atoms with Crippen molar-refractivity contribution in [2.75, 3.05) is 26.7 Å². The molecule has 3 heteroatoms. The van der Waals surface area contributed by atoms with Crippen LogP contribution in [0.25, 0.3) is 0 Å². The Morgan fingerprint density at radius 3 is 2.62 bits per heavy atom. The molecule has 1 aromatic carbocycles. The zero-order chi connectivity index (χ0) is 16.6. The number of piperidine rings is 1. The Balaban J connectivity index is 1.44. The van der Waals surface area contributed by atoms with E-state index in [1.165, 1.54) is 19.4 Å². The van der Waals surface area contributed by atoms with E-state index in [1.54, 1.807) is 7.11 Å². The van der Waals surface area contributed by atoms with Crippen LogP contribution in [0, 0.1) is 29.1 Å². The lowest BCUT2D eigenvalue weighted by atomic mass is 9.73. The van der Waals surface area contributed by atoms with E-state index in [1.807, 2.05) is 18.2 Å². The van der Waals surface area contributed by atoms with Gasteiger partial charge < -0.3 is 9.64 Å². The first-order chi connectivity index (χ1) is 11.7. The molecule has 2 fully saturated rings. The van der Waals surface area contributed by atoms with Crippen LogP contribution in [-0.2, 0) is 5.41 Å². The highest BCUT2D eigenvalue weighted by Gasteiger charge is 2.41. The molecule has 1 saturated carbocycles. The van der Waals surface area contributed by atoms with Crippen LogP contribution in [0.5, 0.6) is 5.75 Å². The Bertz CT molecular complexity index is 667. The normalized spacial score (nSPS) is 31.1. The molecule has 4 rings (SSSR count). The van der Waals surface area contributed by atoms with Gasteiger partial charge in [-0.2, -0.15) is 5.26 Å². The van der Waals surface area contributed by atoms with Gasteiger partial charge in [0.25, 0.3) is 0 Å². The molecule has 0 radical (unpaired) electrons. The minimum atomic E-state index is -0.391. The lowest BCUT2D eigenvalue weighted by molar-refractivity contribution is 0.152. The fourth-order valence-electron chi connectivity index (χ4n) is 5.03. The maximum atomic E-state index is 9.94. The Kier molecular flexibility index (Phi) is 4.10. The molecular weight excluding hydrogens is 296 g/mol. The van der Waals surface area contributed by atoms with Gasteiger partial charge in [0.1, 0.15) is 5.75 Å². The second kappa shape index (κ2) is 6.26. The number of fused-ring (bicyclic) bond motifs is 2. The molecule has 1 aliphatic heterocycles. The third-order valence-electron chi connectivity index (χ3n) is 6.46. The zero-order valence-corrected chi connectivity index (χ0v) is 14.4. The molecule has 3 aliphatic rings. The number of ether oxygens (including phenoxy) is 1. The molecule has 1 saturated heterocycles. The quantitative estimate of drug-likeness (QED) is 0.792. The van der Waals surface area contributed by atoms with Crippen LogP contribution < -0.4 is 4.74 Å². The van der Waals surface area contributed by atoms with Crippen LogP contribution in [-0.4, -0.2) is 31.6 Å². The van der Waals surface area contributed by atoms with Crippen molar-refractivity contribution in [3.63, 3.8) is 0 Å². The summed E-state index contributed by atoms with van der Waals surface area (Å²) in [7, 11) is 1.70. The number of para-hydroxylation sites is 1. The lowest BCUT2D eigenvalue weighted by Gasteiger charge is -2.39. The van der Waals surface area contributed by atoms with E-state index in [-0.39, 0.29) is 0 Å². The molecule has 0 aromatic heterocycles. The summed E-state index contributed by atoms with van der Waals surface area (Å²) in [4.78, 5) is 2.59. The highest BCUT2D eigenvalue weighted by molar-refractivity contribution is 5.44. The van der Waals surface area contributed by atoms with Gasteiger partial charge in [-0.05, 0) is 62.6 Å². The van der Waals surface area contributed by atoms with Gasteiger partial charge in [-0.3, -0.25) is 0 Å². The third-order valence-corrected chi connectivity index (χ3v) is 6.46. The smallest absolute Gasteiger partial charge is 0.123 e. The standard InChI is InChI=1S/C21H26N2O/c1-24-20-5-3-2-4-19(20)21(15-22)8-10-23(11-9-21)14-18-13-16-6-7-17(18)12-16/h2-7,16-18H,8-14H2,1H3/t16-,17?,18-/m0/s1. The molecule has 2 bridgehead atoms. The zero-order valence-electron chi connectivity index (χ0n) is 14.4. The number of benzene rings is 1. The molecule has 1 unspecified atom stereocenters. The van der Waals surface area contributed by atoms with E-state index < -0.39 is 5.41 Å². The van der Waals surface area contributed by atoms with Gasteiger partial charge in [-0.25, -0.2) is 0 Å². The number of allylic oxidation sites excluding steroid dienone is 2. The first-order valence-electron chi connectivity index (χ1n) is 9.19. The molecule has 0 N–H and O–H groups in total. The molecule has 126 valence electrons. The average molecular weight is 322 g/mol. The topological polar surface area (TPSA) is 36.3 Å². The molecule has 0 amide bonds. The number of rotatable bonds is 4. The first kappa shape index (κ1) is 15.7. The van der Waals surface area contributed by atoms with Crippen LogP contribution in [0.2, 0.25) is 0 Å². The van der Waals surface area contributed by atoms with Gasteiger partial charge in [-0.1, -0.05) is 30.4 Å². The molecule has 0 spiro atoms.